The minimum absolute atomic E-state index is 0.120. The van der Waals surface area contributed by atoms with Gasteiger partial charge in [-0.1, -0.05) is 6.92 Å². The minimum Gasteiger partial charge on any atom is -0.481 e. The maximum absolute atomic E-state index is 11.7. The standard InChI is InChI=1S/C10H16N2O5/c1-5-3-11-4-6(5)9(15)12-7(10(16)17)2-8(13)14/h5-7,11H,2-4H2,1H3,(H,12,15)(H,13,14)(H,16,17). The van der Waals surface area contributed by atoms with Crippen LogP contribution in [0.15, 0.2) is 0 Å². The number of hydrogen-bond donors (Lipinski definition) is 4. The molecule has 0 spiro atoms. The Balaban J connectivity index is 2.57. The number of carboxylic acid groups (broad SMARTS) is 2. The van der Waals surface area contributed by atoms with Gasteiger partial charge in [0.05, 0.1) is 12.3 Å². The van der Waals surface area contributed by atoms with Crippen molar-refractivity contribution >= 4 is 17.8 Å². The fourth-order valence-corrected chi connectivity index (χ4v) is 1.81. The second-order valence-electron chi connectivity index (χ2n) is 4.24. The van der Waals surface area contributed by atoms with E-state index >= 15 is 0 Å². The fourth-order valence-electron chi connectivity index (χ4n) is 1.81. The van der Waals surface area contributed by atoms with Gasteiger partial charge in [0.2, 0.25) is 5.91 Å². The Kier molecular flexibility index (Phi) is 4.45. The number of carbonyl (C=O) groups excluding carboxylic acids is 1. The first kappa shape index (κ1) is 13.4. The van der Waals surface area contributed by atoms with Gasteiger partial charge in [0, 0.05) is 6.54 Å². The normalized spacial score (nSPS) is 25.2. The molecular weight excluding hydrogens is 228 g/mol. The van der Waals surface area contributed by atoms with E-state index in [0.717, 1.165) is 0 Å². The number of nitrogens with one attached hydrogen (secondary N) is 2. The molecule has 17 heavy (non-hydrogen) atoms. The van der Waals surface area contributed by atoms with E-state index in [1.807, 2.05) is 6.92 Å². The van der Waals surface area contributed by atoms with Crippen molar-refractivity contribution in [3.8, 4) is 0 Å². The Morgan fingerprint density at radius 3 is 2.41 bits per heavy atom. The van der Waals surface area contributed by atoms with Crippen LogP contribution in [0.2, 0.25) is 0 Å². The third-order valence-corrected chi connectivity index (χ3v) is 2.85. The van der Waals surface area contributed by atoms with E-state index < -0.39 is 30.3 Å². The van der Waals surface area contributed by atoms with Gasteiger partial charge in [0.1, 0.15) is 6.04 Å². The Morgan fingerprint density at radius 2 is 2.00 bits per heavy atom. The van der Waals surface area contributed by atoms with Gasteiger partial charge in [0.25, 0.3) is 0 Å². The van der Waals surface area contributed by atoms with Crippen LogP contribution in [-0.4, -0.2) is 47.2 Å². The van der Waals surface area contributed by atoms with Gasteiger partial charge >= 0.3 is 11.9 Å². The third-order valence-electron chi connectivity index (χ3n) is 2.85. The molecule has 0 aromatic heterocycles. The van der Waals surface area contributed by atoms with Gasteiger partial charge in [-0.2, -0.15) is 0 Å². The van der Waals surface area contributed by atoms with E-state index in [4.69, 9.17) is 10.2 Å². The summed E-state index contributed by atoms with van der Waals surface area (Å²) in [5, 5.41) is 22.6. The van der Waals surface area contributed by atoms with Gasteiger partial charge in [0.15, 0.2) is 0 Å². The van der Waals surface area contributed by atoms with Crippen molar-refractivity contribution in [2.24, 2.45) is 11.8 Å². The minimum atomic E-state index is -1.37. The Hall–Kier alpha value is -1.63. The van der Waals surface area contributed by atoms with Crippen LogP contribution in [-0.2, 0) is 14.4 Å². The average Bonchev–Trinajstić information content (AvgIpc) is 2.62. The highest BCUT2D eigenvalue weighted by atomic mass is 16.4. The zero-order chi connectivity index (χ0) is 13.0. The largest absolute Gasteiger partial charge is 0.481 e. The quantitative estimate of drug-likeness (QED) is 0.487. The van der Waals surface area contributed by atoms with Crippen molar-refractivity contribution in [1.82, 2.24) is 10.6 Å². The molecule has 96 valence electrons. The molecule has 1 aliphatic rings. The molecule has 1 heterocycles. The van der Waals surface area contributed by atoms with Crippen LogP contribution < -0.4 is 10.6 Å². The summed E-state index contributed by atoms with van der Waals surface area (Å²) in [6.45, 7) is 3.08. The molecule has 1 aliphatic heterocycles. The second kappa shape index (κ2) is 5.62. The van der Waals surface area contributed by atoms with Crippen molar-refractivity contribution in [3.05, 3.63) is 0 Å². The first-order valence-corrected chi connectivity index (χ1v) is 5.37. The van der Waals surface area contributed by atoms with Crippen LogP contribution in [0.1, 0.15) is 13.3 Å². The molecule has 0 radical (unpaired) electrons. The van der Waals surface area contributed by atoms with Crippen molar-refractivity contribution in [1.29, 1.82) is 0 Å². The highest BCUT2D eigenvalue weighted by Gasteiger charge is 2.32. The molecule has 1 saturated heterocycles. The Morgan fingerprint density at radius 1 is 1.35 bits per heavy atom. The zero-order valence-corrected chi connectivity index (χ0v) is 9.47. The van der Waals surface area contributed by atoms with E-state index in [2.05, 4.69) is 10.6 Å². The predicted octanol–water partition coefficient (Wildman–Crippen LogP) is -1.11. The van der Waals surface area contributed by atoms with Crippen molar-refractivity contribution in [2.75, 3.05) is 13.1 Å². The summed E-state index contributed by atoms with van der Waals surface area (Å²) in [4.78, 5) is 33.0. The summed E-state index contributed by atoms with van der Waals surface area (Å²) >= 11 is 0. The van der Waals surface area contributed by atoms with Crippen LogP contribution in [0.3, 0.4) is 0 Å². The van der Waals surface area contributed by atoms with Crippen molar-refractivity contribution < 1.29 is 24.6 Å². The number of carboxylic acids is 2. The molecule has 7 nitrogen and oxygen atoms in total. The Bertz CT molecular complexity index is 331. The van der Waals surface area contributed by atoms with Crippen LogP contribution in [0.25, 0.3) is 0 Å². The van der Waals surface area contributed by atoms with E-state index in [9.17, 15) is 14.4 Å². The molecule has 0 bridgehead atoms. The first-order valence-electron chi connectivity index (χ1n) is 5.37. The lowest BCUT2D eigenvalue weighted by Crippen LogP contribution is -2.46. The van der Waals surface area contributed by atoms with Gasteiger partial charge in [-0.15, -0.1) is 0 Å². The van der Waals surface area contributed by atoms with Gasteiger partial charge in [-0.3, -0.25) is 9.59 Å². The molecule has 0 saturated carbocycles. The summed E-state index contributed by atoms with van der Waals surface area (Å²) < 4.78 is 0. The molecule has 1 rings (SSSR count). The smallest absolute Gasteiger partial charge is 0.326 e. The summed E-state index contributed by atoms with van der Waals surface area (Å²) in [6, 6.07) is -1.37. The molecule has 0 aromatic rings. The fraction of sp³-hybridized carbons (Fsp3) is 0.700. The van der Waals surface area contributed by atoms with Crippen LogP contribution in [0.4, 0.5) is 0 Å². The van der Waals surface area contributed by atoms with Crippen molar-refractivity contribution in [2.45, 2.75) is 19.4 Å². The van der Waals surface area contributed by atoms with E-state index in [1.165, 1.54) is 0 Å². The van der Waals surface area contributed by atoms with Crippen molar-refractivity contribution in [3.63, 3.8) is 0 Å². The molecule has 7 heteroatoms. The lowest BCUT2D eigenvalue weighted by atomic mass is 9.97. The molecule has 3 atom stereocenters. The SMILES string of the molecule is CC1CNCC1C(=O)NC(CC(=O)O)C(=O)O. The maximum Gasteiger partial charge on any atom is 0.326 e. The summed E-state index contributed by atoms with van der Waals surface area (Å²) in [7, 11) is 0. The highest BCUT2D eigenvalue weighted by Crippen LogP contribution is 2.16. The third kappa shape index (κ3) is 3.70. The van der Waals surface area contributed by atoms with Gasteiger partial charge < -0.3 is 20.8 Å². The van der Waals surface area contributed by atoms with E-state index in [-0.39, 0.29) is 11.8 Å². The molecule has 4 N–H and O–H groups in total. The summed E-state index contributed by atoms with van der Waals surface area (Å²) in [5.41, 5.74) is 0. The van der Waals surface area contributed by atoms with Crippen LogP contribution >= 0.6 is 0 Å². The second-order valence-corrected chi connectivity index (χ2v) is 4.24. The summed E-state index contributed by atoms with van der Waals surface area (Å²) in [5.74, 6) is -3.18. The molecule has 1 amide bonds. The lowest BCUT2D eigenvalue weighted by molar-refractivity contribution is -0.147. The van der Waals surface area contributed by atoms with Gasteiger partial charge in [-0.05, 0) is 12.5 Å². The summed E-state index contributed by atoms with van der Waals surface area (Å²) in [6.07, 6.45) is -0.615. The molecule has 0 aromatic carbocycles. The van der Waals surface area contributed by atoms with E-state index in [0.29, 0.717) is 13.1 Å². The average molecular weight is 244 g/mol. The lowest BCUT2D eigenvalue weighted by Gasteiger charge is -2.17. The van der Waals surface area contributed by atoms with Crippen LogP contribution in [0, 0.1) is 11.8 Å². The predicted molar refractivity (Wildman–Crippen MR) is 57.3 cm³/mol. The monoisotopic (exact) mass is 244 g/mol. The number of carbonyl (C=O) groups is 3. The number of aliphatic carboxylic acids is 2. The van der Waals surface area contributed by atoms with Gasteiger partial charge in [-0.25, -0.2) is 4.79 Å². The molecular formula is C10H16N2O5. The molecule has 1 fully saturated rings. The maximum atomic E-state index is 11.7. The van der Waals surface area contributed by atoms with E-state index in [1.54, 1.807) is 0 Å². The molecule has 3 unspecified atom stereocenters. The molecule has 0 aliphatic carbocycles. The topological polar surface area (TPSA) is 116 Å². The number of hydrogen-bond acceptors (Lipinski definition) is 4. The number of amides is 1. The zero-order valence-electron chi connectivity index (χ0n) is 9.47. The Labute approximate surface area is 98.2 Å². The number of rotatable bonds is 5. The van der Waals surface area contributed by atoms with Crippen LogP contribution in [0.5, 0.6) is 0 Å². The highest BCUT2D eigenvalue weighted by molar-refractivity contribution is 5.88. The first-order chi connectivity index (χ1) is 7.91.